The molecule has 0 aliphatic carbocycles. The molecule has 0 aliphatic heterocycles. The van der Waals surface area contributed by atoms with Gasteiger partial charge in [-0.1, -0.05) is 80.1 Å². The Hall–Kier alpha value is -4.59. The van der Waals surface area contributed by atoms with Crippen molar-refractivity contribution >= 4 is 5.91 Å². The predicted molar refractivity (Wildman–Crippen MR) is 142 cm³/mol. The zero-order valence-corrected chi connectivity index (χ0v) is 20.9. The number of hydrogen-bond acceptors (Lipinski definition) is 5. The quantitative estimate of drug-likeness (QED) is 0.333. The molecule has 8 nitrogen and oxygen atoms in total. The minimum Gasteiger partial charge on any atom is -0.291 e. The van der Waals surface area contributed by atoms with Gasteiger partial charge >= 0.3 is 5.69 Å². The molecule has 8 heteroatoms. The van der Waals surface area contributed by atoms with Crippen LogP contribution in [0.15, 0.2) is 83.7 Å². The summed E-state index contributed by atoms with van der Waals surface area (Å²) in [6, 6.07) is 25.0. The molecule has 2 aromatic heterocycles. The molecule has 2 heterocycles. The van der Waals surface area contributed by atoms with E-state index >= 15 is 0 Å². The Kier molecular flexibility index (Phi) is 6.89. The van der Waals surface area contributed by atoms with E-state index < -0.39 is 0 Å². The van der Waals surface area contributed by atoms with E-state index in [-0.39, 0.29) is 11.6 Å². The fraction of sp³-hybridized carbons (Fsp3) is 0.207. The first-order valence-electron chi connectivity index (χ1n) is 12.4. The zero-order chi connectivity index (χ0) is 25.8. The molecule has 0 unspecified atom stereocenters. The molecule has 0 saturated heterocycles. The number of aromatic amines is 1. The van der Waals surface area contributed by atoms with Crippen molar-refractivity contribution in [1.82, 2.24) is 29.8 Å². The molecule has 0 bridgehead atoms. The second kappa shape index (κ2) is 10.6. The minimum absolute atomic E-state index is 0.298. The number of tetrazole rings is 1. The highest BCUT2D eigenvalue weighted by Crippen LogP contribution is 2.30. The summed E-state index contributed by atoms with van der Waals surface area (Å²) in [5.41, 5.74) is 5.71. The molecular weight excluding hydrogens is 464 g/mol. The van der Waals surface area contributed by atoms with Crippen molar-refractivity contribution in [3.8, 4) is 22.5 Å². The van der Waals surface area contributed by atoms with Gasteiger partial charge in [-0.25, -0.2) is 14.5 Å². The lowest BCUT2D eigenvalue weighted by molar-refractivity contribution is 0.0953. The van der Waals surface area contributed by atoms with Crippen LogP contribution in [0.3, 0.4) is 0 Å². The van der Waals surface area contributed by atoms with Crippen molar-refractivity contribution in [3.05, 3.63) is 112 Å². The molecule has 0 fully saturated rings. The second-order valence-corrected chi connectivity index (χ2v) is 9.00. The van der Waals surface area contributed by atoms with Gasteiger partial charge in [-0.05, 0) is 59.0 Å². The van der Waals surface area contributed by atoms with Crippen molar-refractivity contribution in [2.75, 3.05) is 0 Å². The lowest BCUT2D eigenvalue weighted by atomic mass is 9.98. The van der Waals surface area contributed by atoms with Crippen LogP contribution in [0.4, 0.5) is 0 Å². The average Bonchev–Trinajstić information content (AvgIpc) is 3.55. The van der Waals surface area contributed by atoms with Gasteiger partial charge in [0.1, 0.15) is 0 Å². The van der Waals surface area contributed by atoms with Crippen molar-refractivity contribution < 1.29 is 4.79 Å². The van der Waals surface area contributed by atoms with Gasteiger partial charge in [0, 0.05) is 22.5 Å². The lowest BCUT2D eigenvalue weighted by Gasteiger charge is -2.10. The standard InChI is InChI=1S/C29H28N6O2/c1-3-4-14-26-20(2)35(28(36)23-10-6-5-7-11-23)29(37)34(26)19-21-15-17-22(18-16-21)24-12-8-9-13-25(24)27-30-32-33-31-27/h5-13,15-18H,3-4,14,19H2,1-2H3,(H,30,31,32,33). The normalized spacial score (nSPS) is 11.1. The number of hydrogen-bond donors (Lipinski definition) is 1. The number of carbonyl (C=O) groups excluding carboxylic acids is 1. The number of rotatable bonds is 8. The van der Waals surface area contributed by atoms with Gasteiger partial charge in [0.2, 0.25) is 0 Å². The fourth-order valence-electron chi connectivity index (χ4n) is 4.66. The first-order chi connectivity index (χ1) is 18.1. The van der Waals surface area contributed by atoms with Crippen LogP contribution in [0.25, 0.3) is 22.5 Å². The highest BCUT2D eigenvalue weighted by Gasteiger charge is 2.22. The van der Waals surface area contributed by atoms with Gasteiger partial charge in [0.05, 0.1) is 6.54 Å². The second-order valence-electron chi connectivity index (χ2n) is 9.00. The van der Waals surface area contributed by atoms with Crippen molar-refractivity contribution in [2.24, 2.45) is 0 Å². The maximum absolute atomic E-state index is 13.5. The molecule has 37 heavy (non-hydrogen) atoms. The van der Waals surface area contributed by atoms with Gasteiger partial charge in [-0.15, -0.1) is 5.10 Å². The number of imidazole rings is 1. The molecule has 0 radical (unpaired) electrons. The van der Waals surface area contributed by atoms with E-state index in [9.17, 15) is 9.59 Å². The average molecular weight is 493 g/mol. The summed E-state index contributed by atoms with van der Waals surface area (Å²) in [4.78, 5) is 26.8. The summed E-state index contributed by atoms with van der Waals surface area (Å²) in [6.45, 7) is 4.37. The van der Waals surface area contributed by atoms with Crippen molar-refractivity contribution in [3.63, 3.8) is 0 Å². The Morgan fingerprint density at radius 3 is 2.30 bits per heavy atom. The number of aromatic nitrogens is 6. The first kappa shape index (κ1) is 24.1. The SMILES string of the molecule is CCCCc1c(C)n(C(=O)c2ccccc2)c(=O)n1Cc1ccc(-c2ccccc2-c2nnn[nH]2)cc1. The fourth-order valence-corrected chi connectivity index (χ4v) is 4.66. The molecule has 0 aliphatic rings. The van der Waals surface area contributed by atoms with Crippen LogP contribution in [-0.2, 0) is 13.0 Å². The predicted octanol–water partition coefficient (Wildman–Crippen LogP) is 4.88. The van der Waals surface area contributed by atoms with Gasteiger partial charge in [-0.2, -0.15) is 0 Å². The first-order valence-corrected chi connectivity index (χ1v) is 12.4. The van der Waals surface area contributed by atoms with E-state index in [0.29, 0.717) is 23.6 Å². The summed E-state index contributed by atoms with van der Waals surface area (Å²) >= 11 is 0. The zero-order valence-electron chi connectivity index (χ0n) is 20.9. The van der Waals surface area contributed by atoms with Gasteiger partial charge in [0.15, 0.2) is 5.82 Å². The molecule has 0 amide bonds. The van der Waals surface area contributed by atoms with Crippen LogP contribution in [0.5, 0.6) is 0 Å². The van der Waals surface area contributed by atoms with Crippen molar-refractivity contribution in [2.45, 2.75) is 39.7 Å². The van der Waals surface area contributed by atoms with E-state index in [2.05, 4.69) is 27.5 Å². The maximum atomic E-state index is 13.5. The van der Waals surface area contributed by atoms with Crippen molar-refractivity contribution in [1.29, 1.82) is 0 Å². The molecule has 0 saturated carbocycles. The molecule has 1 N–H and O–H groups in total. The summed E-state index contributed by atoms with van der Waals surface area (Å²) in [7, 11) is 0. The molecule has 3 aromatic carbocycles. The van der Waals surface area contributed by atoms with Gasteiger partial charge in [-0.3, -0.25) is 9.36 Å². The van der Waals surface area contributed by atoms with Crippen LogP contribution in [0.1, 0.15) is 47.1 Å². The third-order valence-corrected chi connectivity index (χ3v) is 6.63. The summed E-state index contributed by atoms with van der Waals surface area (Å²) in [5, 5.41) is 14.3. The van der Waals surface area contributed by atoms with Crippen LogP contribution >= 0.6 is 0 Å². The largest absolute Gasteiger partial charge is 0.336 e. The number of unbranched alkanes of at least 4 members (excludes halogenated alkanes) is 1. The number of H-pyrrole nitrogens is 1. The minimum atomic E-state index is -0.301. The van der Waals surface area contributed by atoms with Crippen LogP contribution < -0.4 is 5.69 Å². The maximum Gasteiger partial charge on any atom is 0.336 e. The topological polar surface area (TPSA) is 98.5 Å². The van der Waals surface area contributed by atoms with E-state index in [1.165, 1.54) is 4.57 Å². The molecule has 186 valence electrons. The molecule has 5 aromatic rings. The third kappa shape index (κ3) is 4.78. The number of benzene rings is 3. The third-order valence-electron chi connectivity index (χ3n) is 6.63. The lowest BCUT2D eigenvalue weighted by Crippen LogP contribution is -2.30. The molecule has 0 spiro atoms. The Labute approximate surface area is 214 Å². The molecule has 0 atom stereocenters. The Bertz CT molecular complexity index is 1570. The Balaban J connectivity index is 1.49. The van der Waals surface area contributed by atoms with E-state index in [4.69, 9.17) is 0 Å². The molecular formula is C29H28N6O2. The summed E-state index contributed by atoms with van der Waals surface area (Å²) in [6.07, 6.45) is 2.68. The Morgan fingerprint density at radius 1 is 0.919 bits per heavy atom. The highest BCUT2D eigenvalue weighted by atomic mass is 16.2. The summed E-state index contributed by atoms with van der Waals surface area (Å²) in [5.74, 6) is 0.306. The van der Waals surface area contributed by atoms with Crippen LogP contribution in [0, 0.1) is 6.92 Å². The van der Waals surface area contributed by atoms with E-state index in [1.54, 1.807) is 28.8 Å². The smallest absolute Gasteiger partial charge is 0.291 e. The van der Waals surface area contributed by atoms with Gasteiger partial charge in [0.25, 0.3) is 5.91 Å². The number of carbonyl (C=O) groups is 1. The number of nitrogens with one attached hydrogen (secondary N) is 1. The van der Waals surface area contributed by atoms with E-state index in [0.717, 1.165) is 47.2 Å². The van der Waals surface area contributed by atoms with Gasteiger partial charge < -0.3 is 0 Å². The van der Waals surface area contributed by atoms with Crippen LogP contribution in [-0.4, -0.2) is 35.7 Å². The van der Waals surface area contributed by atoms with E-state index in [1.807, 2.05) is 61.5 Å². The Morgan fingerprint density at radius 2 is 1.62 bits per heavy atom. The number of nitrogens with zero attached hydrogens (tertiary/aromatic N) is 5. The van der Waals surface area contributed by atoms with Crippen LogP contribution in [0.2, 0.25) is 0 Å². The molecule has 5 rings (SSSR count). The summed E-state index contributed by atoms with van der Waals surface area (Å²) < 4.78 is 3.06. The monoisotopic (exact) mass is 492 g/mol. The highest BCUT2D eigenvalue weighted by molar-refractivity contribution is 5.96.